The van der Waals surface area contributed by atoms with Crippen LogP contribution in [0.2, 0.25) is 0 Å². The molecule has 2 heterocycles. The lowest BCUT2D eigenvalue weighted by Gasteiger charge is -2.17. The first kappa shape index (κ1) is 12.8. The van der Waals surface area contributed by atoms with Crippen LogP contribution in [0.25, 0.3) is 0 Å². The van der Waals surface area contributed by atoms with Crippen molar-refractivity contribution in [2.45, 2.75) is 19.4 Å². The Labute approximate surface area is 107 Å². The van der Waals surface area contributed by atoms with Crippen LogP contribution in [0.4, 0.5) is 5.69 Å². The number of amides is 1. The van der Waals surface area contributed by atoms with E-state index in [0.717, 1.165) is 12.1 Å². The van der Waals surface area contributed by atoms with E-state index in [4.69, 9.17) is 0 Å². The third-order valence-electron chi connectivity index (χ3n) is 3.46. The molecule has 2 unspecified atom stereocenters. The molecule has 2 N–H and O–H groups in total. The molecule has 1 fully saturated rings. The fourth-order valence-corrected chi connectivity index (χ4v) is 2.23. The van der Waals surface area contributed by atoms with E-state index in [0.29, 0.717) is 18.8 Å². The van der Waals surface area contributed by atoms with E-state index in [1.165, 1.54) is 0 Å². The average molecular weight is 249 g/mol. The molecule has 1 aliphatic heterocycles. The Morgan fingerprint density at radius 3 is 3.06 bits per heavy atom. The first-order valence-electron chi connectivity index (χ1n) is 6.23. The van der Waals surface area contributed by atoms with Crippen molar-refractivity contribution < 1.29 is 9.90 Å². The highest BCUT2D eigenvalue weighted by molar-refractivity contribution is 5.93. The number of nitrogens with one attached hydrogen (secondary N) is 1. The molecular weight excluding hydrogens is 230 g/mol. The highest BCUT2D eigenvalue weighted by atomic mass is 16.3. The second kappa shape index (κ2) is 5.35. The Hall–Kier alpha value is -1.62. The van der Waals surface area contributed by atoms with E-state index in [9.17, 15) is 9.90 Å². The van der Waals surface area contributed by atoms with Gasteiger partial charge in [0.15, 0.2) is 0 Å². The maximum atomic E-state index is 12.2. The maximum Gasteiger partial charge on any atom is 0.272 e. The van der Waals surface area contributed by atoms with Crippen LogP contribution in [0.15, 0.2) is 18.3 Å². The van der Waals surface area contributed by atoms with Crippen LogP contribution in [0.5, 0.6) is 0 Å². The van der Waals surface area contributed by atoms with Gasteiger partial charge in [-0.1, -0.05) is 0 Å². The maximum absolute atomic E-state index is 12.2. The van der Waals surface area contributed by atoms with E-state index in [-0.39, 0.29) is 17.9 Å². The van der Waals surface area contributed by atoms with Crippen molar-refractivity contribution in [3.05, 3.63) is 24.0 Å². The Kier molecular flexibility index (Phi) is 3.81. The van der Waals surface area contributed by atoms with Crippen molar-refractivity contribution in [2.75, 3.05) is 25.5 Å². The number of pyridine rings is 1. The highest BCUT2D eigenvalue weighted by Gasteiger charge is 2.30. The zero-order valence-corrected chi connectivity index (χ0v) is 10.8. The van der Waals surface area contributed by atoms with Gasteiger partial charge in [-0.2, -0.15) is 0 Å². The molecule has 2 atom stereocenters. The van der Waals surface area contributed by atoms with Gasteiger partial charge in [0.2, 0.25) is 0 Å². The number of aromatic nitrogens is 1. The van der Waals surface area contributed by atoms with Crippen molar-refractivity contribution in [1.29, 1.82) is 0 Å². The van der Waals surface area contributed by atoms with E-state index in [1.54, 1.807) is 24.1 Å². The largest absolute Gasteiger partial charge is 0.393 e. The summed E-state index contributed by atoms with van der Waals surface area (Å²) in [5, 5.41) is 12.5. The van der Waals surface area contributed by atoms with Gasteiger partial charge in [0.1, 0.15) is 5.69 Å². The molecule has 18 heavy (non-hydrogen) atoms. The number of hydrogen-bond donors (Lipinski definition) is 2. The summed E-state index contributed by atoms with van der Waals surface area (Å²) < 4.78 is 0. The summed E-state index contributed by atoms with van der Waals surface area (Å²) in [6, 6.07) is 3.57. The van der Waals surface area contributed by atoms with Gasteiger partial charge in [0.05, 0.1) is 6.10 Å². The summed E-state index contributed by atoms with van der Waals surface area (Å²) in [7, 11) is 1.81. The molecular formula is C13H19N3O2. The van der Waals surface area contributed by atoms with Gasteiger partial charge in [-0.05, 0) is 25.5 Å². The molecule has 1 amide bonds. The first-order chi connectivity index (χ1) is 8.61. The molecule has 0 aliphatic carbocycles. The van der Waals surface area contributed by atoms with Crippen LogP contribution >= 0.6 is 0 Å². The molecule has 1 saturated heterocycles. The normalized spacial score (nSPS) is 20.8. The number of nitrogens with zero attached hydrogens (tertiary/aromatic N) is 2. The van der Waals surface area contributed by atoms with Gasteiger partial charge in [-0.25, -0.2) is 0 Å². The Balaban J connectivity index is 2.08. The van der Waals surface area contributed by atoms with Crippen LogP contribution in [0, 0.1) is 5.92 Å². The lowest BCUT2D eigenvalue weighted by molar-refractivity contribution is 0.0757. The van der Waals surface area contributed by atoms with Gasteiger partial charge in [-0.3, -0.25) is 9.78 Å². The summed E-state index contributed by atoms with van der Waals surface area (Å²) in [6.45, 7) is 3.08. The quantitative estimate of drug-likeness (QED) is 0.837. The molecule has 0 radical (unpaired) electrons. The lowest BCUT2D eigenvalue weighted by Crippen LogP contribution is -2.31. The third kappa shape index (κ3) is 2.61. The molecule has 1 aromatic rings. The number of aliphatic hydroxyl groups is 1. The third-order valence-corrected chi connectivity index (χ3v) is 3.46. The summed E-state index contributed by atoms with van der Waals surface area (Å²) >= 11 is 0. The molecule has 5 nitrogen and oxygen atoms in total. The van der Waals surface area contributed by atoms with Crippen molar-refractivity contribution in [3.63, 3.8) is 0 Å². The lowest BCUT2D eigenvalue weighted by atomic mass is 10.0. The van der Waals surface area contributed by atoms with Gasteiger partial charge in [0, 0.05) is 37.9 Å². The zero-order valence-electron chi connectivity index (χ0n) is 10.8. The number of aliphatic hydroxyl groups excluding tert-OH is 1. The minimum absolute atomic E-state index is 0.0600. The smallest absolute Gasteiger partial charge is 0.272 e. The molecule has 1 aromatic heterocycles. The molecule has 0 spiro atoms. The van der Waals surface area contributed by atoms with Crippen LogP contribution in [-0.2, 0) is 0 Å². The van der Waals surface area contributed by atoms with Crippen molar-refractivity contribution in [3.8, 4) is 0 Å². The summed E-state index contributed by atoms with van der Waals surface area (Å²) in [6.07, 6.45) is 2.12. The van der Waals surface area contributed by atoms with Crippen LogP contribution in [-0.4, -0.2) is 47.1 Å². The Bertz CT molecular complexity index is 434. The number of hydrogen-bond acceptors (Lipinski definition) is 4. The van der Waals surface area contributed by atoms with E-state index in [2.05, 4.69) is 10.3 Å². The fraction of sp³-hybridized carbons (Fsp3) is 0.538. The first-order valence-corrected chi connectivity index (χ1v) is 6.23. The van der Waals surface area contributed by atoms with E-state index < -0.39 is 0 Å². The molecule has 1 aliphatic rings. The van der Waals surface area contributed by atoms with Gasteiger partial charge < -0.3 is 15.3 Å². The summed E-state index contributed by atoms with van der Waals surface area (Å²) in [5.74, 6) is 0.122. The number of likely N-dealkylation sites (tertiary alicyclic amines) is 1. The molecule has 5 heteroatoms. The molecule has 2 rings (SSSR count). The Morgan fingerprint density at radius 1 is 1.67 bits per heavy atom. The standard InChI is InChI=1S/C13H19N3O2/c1-9(17)10-4-6-16(8-10)13(18)12-7-11(14-2)3-5-15-12/h3,5,7,9-10,17H,4,6,8H2,1-2H3,(H,14,15). The highest BCUT2D eigenvalue weighted by Crippen LogP contribution is 2.21. The molecule has 98 valence electrons. The second-order valence-corrected chi connectivity index (χ2v) is 4.72. The number of carbonyl (C=O) groups excluding carboxylic acids is 1. The van der Waals surface area contributed by atoms with Crippen LogP contribution in [0.1, 0.15) is 23.8 Å². The van der Waals surface area contributed by atoms with Crippen LogP contribution in [0.3, 0.4) is 0 Å². The van der Waals surface area contributed by atoms with Crippen molar-refractivity contribution in [2.24, 2.45) is 5.92 Å². The summed E-state index contributed by atoms with van der Waals surface area (Å²) in [5.41, 5.74) is 1.33. The van der Waals surface area contributed by atoms with Crippen molar-refractivity contribution >= 4 is 11.6 Å². The van der Waals surface area contributed by atoms with Gasteiger partial charge >= 0.3 is 0 Å². The number of carbonyl (C=O) groups is 1. The second-order valence-electron chi connectivity index (χ2n) is 4.72. The zero-order chi connectivity index (χ0) is 13.1. The fourth-order valence-electron chi connectivity index (χ4n) is 2.23. The Morgan fingerprint density at radius 2 is 2.44 bits per heavy atom. The molecule has 0 aromatic carbocycles. The minimum Gasteiger partial charge on any atom is -0.393 e. The number of anilines is 1. The van der Waals surface area contributed by atoms with Crippen molar-refractivity contribution in [1.82, 2.24) is 9.88 Å². The summed E-state index contributed by atoms with van der Waals surface area (Å²) in [4.78, 5) is 18.1. The molecule has 0 saturated carbocycles. The predicted molar refractivity (Wildman–Crippen MR) is 69.5 cm³/mol. The molecule has 0 bridgehead atoms. The van der Waals surface area contributed by atoms with Crippen LogP contribution < -0.4 is 5.32 Å². The predicted octanol–water partition coefficient (Wildman–Crippen LogP) is 0.966. The van der Waals surface area contributed by atoms with Gasteiger partial charge in [-0.15, -0.1) is 0 Å². The van der Waals surface area contributed by atoms with Gasteiger partial charge in [0.25, 0.3) is 5.91 Å². The average Bonchev–Trinajstić information content (AvgIpc) is 2.87. The minimum atomic E-state index is -0.362. The SMILES string of the molecule is CNc1ccnc(C(=O)N2CCC(C(C)O)C2)c1. The topological polar surface area (TPSA) is 65.5 Å². The number of rotatable bonds is 3. The van der Waals surface area contributed by atoms with E-state index >= 15 is 0 Å². The monoisotopic (exact) mass is 249 g/mol. The van der Waals surface area contributed by atoms with E-state index in [1.807, 2.05) is 13.1 Å².